The molecule has 1 unspecified atom stereocenters. The predicted octanol–water partition coefficient (Wildman–Crippen LogP) is 7.66. The molecule has 72 heavy (non-hydrogen) atoms. The lowest BCUT2D eigenvalue weighted by Gasteiger charge is -2.57. The lowest BCUT2D eigenvalue weighted by atomic mass is 9.55. The highest BCUT2D eigenvalue weighted by Gasteiger charge is 2.57. The molecule has 382 valence electrons. The Hall–Kier alpha value is -5.85. The second-order valence-electron chi connectivity index (χ2n) is 22.2. The zero-order valence-corrected chi connectivity index (χ0v) is 41.0. The van der Waals surface area contributed by atoms with E-state index in [1.165, 1.54) is 30.5 Å². The van der Waals surface area contributed by atoms with Gasteiger partial charge in [0.05, 0.1) is 23.3 Å². The number of phenols is 1. The van der Waals surface area contributed by atoms with E-state index >= 15 is 17.6 Å². The van der Waals surface area contributed by atoms with Gasteiger partial charge in [0, 0.05) is 81.6 Å². The first-order chi connectivity index (χ1) is 34.5. The second kappa shape index (κ2) is 18.6. The highest BCUT2D eigenvalue weighted by atomic mass is 19.1. The molecule has 2 atom stereocenters. The van der Waals surface area contributed by atoms with Crippen molar-refractivity contribution in [3.8, 4) is 23.0 Å². The molecule has 1 spiro atoms. The highest BCUT2D eigenvalue weighted by molar-refractivity contribution is 6.02. The highest BCUT2D eigenvalue weighted by Crippen LogP contribution is 2.58. The molecule has 0 bridgehead atoms. The smallest absolute Gasteiger partial charge is 0.319 e. The number of phenolic OH excluding ortho intramolecular Hbond substituents is 1. The summed E-state index contributed by atoms with van der Waals surface area (Å²) in [5.74, 6) is -2.12. The van der Waals surface area contributed by atoms with E-state index in [0.717, 1.165) is 51.0 Å². The first-order valence-corrected chi connectivity index (χ1v) is 25.7. The Morgan fingerprint density at radius 3 is 2.35 bits per heavy atom. The third-order valence-electron chi connectivity index (χ3n) is 16.5. The summed E-state index contributed by atoms with van der Waals surface area (Å²) in [6, 6.07) is 10.1. The fourth-order valence-electron chi connectivity index (χ4n) is 12.5. The molecular weight excluding hydrogens is 931 g/mol. The molecule has 11 rings (SSSR count). The van der Waals surface area contributed by atoms with E-state index in [0.29, 0.717) is 112 Å². The van der Waals surface area contributed by atoms with E-state index in [2.05, 4.69) is 35.3 Å². The molecule has 6 fully saturated rings. The molecule has 4 aliphatic heterocycles. The van der Waals surface area contributed by atoms with Gasteiger partial charge in [0.2, 0.25) is 11.8 Å². The second-order valence-corrected chi connectivity index (χ2v) is 22.2. The summed E-state index contributed by atoms with van der Waals surface area (Å²) in [7, 11) is 0. The van der Waals surface area contributed by atoms with E-state index in [1.807, 2.05) is 17.9 Å². The summed E-state index contributed by atoms with van der Waals surface area (Å²) in [6.07, 6.45) is 8.54. The van der Waals surface area contributed by atoms with Crippen LogP contribution in [0.1, 0.15) is 83.6 Å². The van der Waals surface area contributed by atoms with Crippen molar-refractivity contribution in [3.63, 3.8) is 0 Å². The molecule has 3 aromatic carbocycles. The van der Waals surface area contributed by atoms with Crippen molar-refractivity contribution < 1.29 is 42.1 Å². The van der Waals surface area contributed by atoms with Gasteiger partial charge >= 0.3 is 6.01 Å². The number of carbonyl (C=O) groups is 2. The van der Waals surface area contributed by atoms with Crippen LogP contribution < -0.4 is 25.2 Å². The predicted molar refractivity (Wildman–Crippen MR) is 266 cm³/mol. The Morgan fingerprint density at radius 2 is 1.64 bits per heavy atom. The summed E-state index contributed by atoms with van der Waals surface area (Å²) in [6.45, 7) is 10.4. The quantitative estimate of drug-likeness (QED) is 0.0674. The minimum atomic E-state index is -1.24. The lowest BCUT2D eigenvalue weighted by molar-refractivity contribution is -0.133. The molecule has 18 heteroatoms. The van der Waals surface area contributed by atoms with Crippen LogP contribution in [-0.2, 0) is 16.0 Å². The SMILES string of the molecule is CCc1c(F)ccc2cc(O)cc(-c3ncc4c(N5CCC[C@@](C)(O)C5)nc(OCC5(CN6CCC7(CC6)CC(F)(CN6CCN(c8ccc(NC9CCC(=O)NC9=O)c(F)c8)CC6)C7)CC5)nc4c3F)c12. The molecule has 2 aromatic heterocycles. The summed E-state index contributed by atoms with van der Waals surface area (Å²) in [5.41, 5.74) is -0.874. The molecular formula is C54H63F4N9O5. The van der Waals surface area contributed by atoms with Gasteiger partial charge in [-0.05, 0) is 142 Å². The zero-order chi connectivity index (χ0) is 50.2. The zero-order valence-electron chi connectivity index (χ0n) is 41.0. The van der Waals surface area contributed by atoms with Crippen molar-refractivity contribution in [2.45, 2.75) is 102 Å². The first kappa shape index (κ1) is 48.4. The summed E-state index contributed by atoms with van der Waals surface area (Å²) in [4.78, 5) is 46.4. The average molecular weight is 994 g/mol. The number of benzene rings is 3. The van der Waals surface area contributed by atoms with Crippen LogP contribution in [0.4, 0.5) is 34.8 Å². The normalized spacial score (nSPS) is 24.1. The number of piperidine rings is 3. The van der Waals surface area contributed by atoms with Crippen LogP contribution in [0, 0.1) is 28.3 Å². The first-order valence-electron chi connectivity index (χ1n) is 25.7. The Morgan fingerprint density at radius 1 is 0.875 bits per heavy atom. The van der Waals surface area contributed by atoms with Crippen molar-refractivity contribution >= 4 is 50.7 Å². The molecule has 6 heterocycles. The van der Waals surface area contributed by atoms with Crippen LogP contribution in [0.15, 0.2) is 48.7 Å². The summed E-state index contributed by atoms with van der Waals surface area (Å²) in [5, 5.41) is 28.4. The molecule has 4 N–H and O–H groups in total. The van der Waals surface area contributed by atoms with Crippen LogP contribution in [0.2, 0.25) is 0 Å². The fraction of sp³-hybridized carbons (Fsp3) is 0.537. The van der Waals surface area contributed by atoms with Crippen molar-refractivity contribution in [3.05, 3.63) is 71.7 Å². The number of likely N-dealkylation sites (tertiary alicyclic amines) is 1. The van der Waals surface area contributed by atoms with Gasteiger partial charge in [-0.25, -0.2) is 17.6 Å². The number of hydrogen-bond donors (Lipinski definition) is 4. The molecule has 5 aromatic rings. The number of nitrogens with one attached hydrogen (secondary N) is 2. The van der Waals surface area contributed by atoms with Crippen LogP contribution >= 0.6 is 0 Å². The van der Waals surface area contributed by atoms with E-state index < -0.39 is 40.7 Å². The van der Waals surface area contributed by atoms with Crippen molar-refractivity contribution in [1.82, 2.24) is 30.1 Å². The van der Waals surface area contributed by atoms with Crippen molar-refractivity contribution in [2.24, 2.45) is 10.8 Å². The number of aliphatic hydroxyl groups is 1. The Balaban J connectivity index is 0.711. The van der Waals surface area contributed by atoms with Gasteiger partial charge in [-0.1, -0.05) is 13.0 Å². The Kier molecular flexibility index (Phi) is 12.5. The van der Waals surface area contributed by atoms with E-state index in [9.17, 15) is 19.8 Å². The number of fused-ring (bicyclic) bond motifs is 2. The third kappa shape index (κ3) is 9.61. The van der Waals surface area contributed by atoms with Gasteiger partial charge in [-0.2, -0.15) is 9.97 Å². The summed E-state index contributed by atoms with van der Waals surface area (Å²) < 4.78 is 70.3. The topological polar surface area (TPSA) is 160 Å². The number of aromatic hydroxyl groups is 1. The number of aryl methyl sites for hydroxylation is 1. The number of ether oxygens (including phenoxy) is 1. The van der Waals surface area contributed by atoms with Gasteiger partial charge in [0.25, 0.3) is 0 Å². The Bertz CT molecular complexity index is 2930. The van der Waals surface area contributed by atoms with Gasteiger partial charge in [0.1, 0.15) is 46.1 Å². The number of halogens is 4. The lowest BCUT2D eigenvalue weighted by Crippen LogP contribution is -2.60. The van der Waals surface area contributed by atoms with Gasteiger partial charge in [-0.3, -0.25) is 24.8 Å². The minimum absolute atomic E-state index is 0.00923. The number of rotatable bonds is 13. The standard InChI is InChI=1S/C54H63F4N9O5/c1-3-36-39(55)7-5-33-23-35(68)25-37(44(33)36)46-45(57)47-38(26-59-46)48(67-16-4-11-51(2,71)29-67)63-50(62-47)72-32-53(12-13-53)30-64-17-14-52(15-18-64)27-54(58,28-52)31-65-19-21-66(22-20-65)34-6-8-41(40(56)24-34)60-42-9-10-43(69)61-49(42)70/h5-8,23-26,42,60,68,71H,3-4,9-22,27-32H2,1-2H3,(H,61,69,70)/t42?,51-/m1/s1. The number of aromatic nitrogens is 3. The Labute approximate surface area is 416 Å². The van der Waals surface area contributed by atoms with Crippen LogP contribution in [0.3, 0.4) is 0 Å². The van der Waals surface area contributed by atoms with Crippen LogP contribution in [-0.4, -0.2) is 136 Å². The maximum absolute atomic E-state index is 17.1. The number of hydrogen-bond acceptors (Lipinski definition) is 13. The maximum atomic E-state index is 17.1. The van der Waals surface area contributed by atoms with E-state index in [4.69, 9.17) is 9.72 Å². The molecule has 14 nitrogen and oxygen atoms in total. The number of imide groups is 1. The maximum Gasteiger partial charge on any atom is 0.319 e. The third-order valence-corrected chi connectivity index (χ3v) is 16.5. The van der Waals surface area contributed by atoms with E-state index in [1.54, 1.807) is 19.1 Å². The molecule has 6 aliphatic rings. The minimum Gasteiger partial charge on any atom is -0.508 e. The molecule has 4 saturated heterocycles. The number of pyridine rings is 1. The van der Waals surface area contributed by atoms with E-state index in [-0.39, 0.29) is 63.9 Å². The number of piperazine rings is 1. The van der Waals surface area contributed by atoms with Gasteiger partial charge in [0.15, 0.2) is 5.82 Å². The van der Waals surface area contributed by atoms with Gasteiger partial charge in [-0.15, -0.1) is 0 Å². The molecule has 0 radical (unpaired) electrons. The van der Waals surface area contributed by atoms with Crippen LogP contribution in [0.5, 0.6) is 11.8 Å². The van der Waals surface area contributed by atoms with Crippen molar-refractivity contribution in [2.75, 3.05) is 87.2 Å². The van der Waals surface area contributed by atoms with Crippen LogP contribution in [0.25, 0.3) is 32.9 Å². The number of nitrogens with zero attached hydrogens (tertiary/aromatic N) is 7. The summed E-state index contributed by atoms with van der Waals surface area (Å²) >= 11 is 0. The number of alkyl halides is 1. The average Bonchev–Trinajstić information content (AvgIpc) is 4.11. The molecule has 2 amide bonds. The molecule has 2 aliphatic carbocycles. The van der Waals surface area contributed by atoms with Crippen molar-refractivity contribution in [1.29, 1.82) is 0 Å². The monoisotopic (exact) mass is 993 g/mol. The van der Waals surface area contributed by atoms with Gasteiger partial charge < -0.3 is 35.0 Å². The number of anilines is 3. The largest absolute Gasteiger partial charge is 0.508 e. The number of amides is 2. The number of β-amino-alcohol motifs (C(OH)–C–C–N with tert-alkyl or cyclic N) is 1. The number of carbonyl (C=O) groups excluding carboxylic acids is 2. The molecule has 2 saturated carbocycles. The fourth-order valence-corrected chi connectivity index (χ4v) is 12.5.